The van der Waals surface area contributed by atoms with E-state index in [2.05, 4.69) is 24.2 Å². The van der Waals surface area contributed by atoms with Gasteiger partial charge in [0.25, 0.3) is 0 Å². The Bertz CT molecular complexity index is 665. The highest BCUT2D eigenvalue weighted by Gasteiger charge is 2.29. The normalized spacial score (nSPS) is 32.7. The van der Waals surface area contributed by atoms with Crippen molar-refractivity contribution in [1.29, 1.82) is 0 Å². The Labute approximate surface area is 154 Å². The Hall–Kier alpha value is -1.59. The van der Waals surface area contributed by atoms with Crippen LogP contribution in [0.1, 0.15) is 45.2 Å². The van der Waals surface area contributed by atoms with E-state index < -0.39 is 0 Å². The molecule has 5 nitrogen and oxygen atoms in total. The molecule has 1 saturated heterocycles. The Morgan fingerprint density at radius 2 is 1.96 bits per heavy atom. The van der Waals surface area contributed by atoms with Crippen LogP contribution < -0.4 is 11.1 Å². The highest BCUT2D eigenvalue weighted by molar-refractivity contribution is 6.30. The van der Waals surface area contributed by atoms with Gasteiger partial charge >= 0.3 is 0 Å². The summed E-state index contributed by atoms with van der Waals surface area (Å²) in [5.41, 5.74) is 6.90. The van der Waals surface area contributed by atoms with Crippen molar-refractivity contribution in [3.63, 3.8) is 0 Å². The molecule has 0 amide bonds. The van der Waals surface area contributed by atoms with Crippen molar-refractivity contribution in [3.05, 3.63) is 35.1 Å². The second-order valence-corrected chi connectivity index (χ2v) is 7.69. The first-order valence-electron chi connectivity index (χ1n) is 8.99. The average Bonchev–Trinajstić information content (AvgIpc) is 2.56. The summed E-state index contributed by atoms with van der Waals surface area (Å²) < 4.78 is 5.81. The SMILES string of the molecule is CC1CC(CNc2cccc(C3C(Cl)=CN=C(N)C3C)n2)CC(C)O1. The maximum Gasteiger partial charge on any atom is 0.126 e. The summed E-state index contributed by atoms with van der Waals surface area (Å²) >= 11 is 6.38. The topological polar surface area (TPSA) is 72.5 Å². The molecule has 2 aliphatic heterocycles. The maximum absolute atomic E-state index is 6.38. The van der Waals surface area contributed by atoms with Crippen molar-refractivity contribution in [2.24, 2.45) is 22.6 Å². The van der Waals surface area contributed by atoms with E-state index in [0.29, 0.717) is 29.0 Å². The third-order valence-corrected chi connectivity index (χ3v) is 5.39. The Kier molecular flexibility index (Phi) is 5.64. The number of anilines is 1. The van der Waals surface area contributed by atoms with Gasteiger partial charge in [0.05, 0.1) is 17.9 Å². The number of nitrogens with zero attached hydrogens (tertiary/aromatic N) is 2. The minimum atomic E-state index is -0.0379. The third kappa shape index (κ3) is 4.33. The van der Waals surface area contributed by atoms with Crippen LogP contribution in [0.25, 0.3) is 0 Å². The van der Waals surface area contributed by atoms with Gasteiger partial charge in [-0.1, -0.05) is 24.6 Å². The van der Waals surface area contributed by atoms with Crippen LogP contribution >= 0.6 is 11.6 Å². The van der Waals surface area contributed by atoms with E-state index in [1.165, 1.54) is 0 Å². The number of nitrogens with two attached hydrogens (primary N) is 1. The highest BCUT2D eigenvalue weighted by Crippen LogP contribution is 2.36. The van der Waals surface area contributed by atoms with Gasteiger partial charge in [-0.15, -0.1) is 0 Å². The fourth-order valence-electron chi connectivity index (χ4n) is 3.82. The van der Waals surface area contributed by atoms with E-state index in [-0.39, 0.29) is 11.8 Å². The number of aromatic nitrogens is 1. The van der Waals surface area contributed by atoms with Gasteiger partial charge < -0.3 is 15.8 Å². The number of hydrogen-bond acceptors (Lipinski definition) is 5. The molecule has 6 heteroatoms. The quantitative estimate of drug-likeness (QED) is 0.852. The monoisotopic (exact) mass is 362 g/mol. The number of halogens is 1. The molecule has 0 aliphatic carbocycles. The van der Waals surface area contributed by atoms with Gasteiger partial charge in [0, 0.05) is 29.6 Å². The number of nitrogens with one attached hydrogen (secondary N) is 1. The van der Waals surface area contributed by atoms with Crippen molar-refractivity contribution in [1.82, 2.24) is 4.98 Å². The van der Waals surface area contributed by atoms with Crippen molar-refractivity contribution >= 4 is 23.3 Å². The molecule has 0 bridgehead atoms. The molecular weight excluding hydrogens is 336 g/mol. The standard InChI is InChI=1S/C19H27ClN4O/c1-11-7-14(8-12(2)25-11)9-22-17-6-4-5-16(24-17)18-13(3)19(21)23-10-15(18)20/h4-6,10-14,18H,7-9H2,1-3H3,(H2,21,23)(H,22,24). The van der Waals surface area contributed by atoms with Gasteiger partial charge in [-0.05, 0) is 44.7 Å². The maximum atomic E-state index is 6.38. The van der Waals surface area contributed by atoms with E-state index in [1.54, 1.807) is 6.20 Å². The molecule has 1 aromatic rings. The molecule has 0 saturated carbocycles. The molecule has 1 fully saturated rings. The first-order valence-corrected chi connectivity index (χ1v) is 9.36. The zero-order valence-corrected chi connectivity index (χ0v) is 15.8. The van der Waals surface area contributed by atoms with Gasteiger partial charge in [0.1, 0.15) is 11.7 Å². The number of aliphatic imine (C=N–C) groups is 1. The van der Waals surface area contributed by atoms with Crippen LogP contribution in [0.15, 0.2) is 34.4 Å². The molecule has 0 radical (unpaired) electrons. The van der Waals surface area contributed by atoms with E-state index in [0.717, 1.165) is 30.9 Å². The first kappa shape index (κ1) is 18.2. The number of rotatable bonds is 4. The van der Waals surface area contributed by atoms with Crippen LogP contribution in [0.5, 0.6) is 0 Å². The van der Waals surface area contributed by atoms with Gasteiger partial charge in [-0.3, -0.25) is 0 Å². The summed E-state index contributed by atoms with van der Waals surface area (Å²) in [6.45, 7) is 7.23. The summed E-state index contributed by atoms with van der Waals surface area (Å²) in [6, 6.07) is 6.01. The summed E-state index contributed by atoms with van der Waals surface area (Å²) in [7, 11) is 0. The van der Waals surface area contributed by atoms with Gasteiger partial charge in [0.2, 0.25) is 0 Å². The van der Waals surface area contributed by atoms with Crippen molar-refractivity contribution in [2.75, 3.05) is 11.9 Å². The molecular formula is C19H27ClN4O. The fraction of sp³-hybridized carbons (Fsp3) is 0.579. The van der Waals surface area contributed by atoms with Crippen LogP contribution in [0.4, 0.5) is 5.82 Å². The second kappa shape index (κ2) is 7.75. The predicted molar refractivity (Wildman–Crippen MR) is 103 cm³/mol. The lowest BCUT2D eigenvalue weighted by molar-refractivity contribution is -0.0495. The predicted octanol–water partition coefficient (Wildman–Crippen LogP) is 3.87. The van der Waals surface area contributed by atoms with E-state index in [9.17, 15) is 0 Å². The number of pyridine rings is 1. The minimum Gasteiger partial charge on any atom is -0.387 e. The summed E-state index contributed by atoms with van der Waals surface area (Å²) in [6.07, 6.45) is 4.44. The molecule has 25 heavy (non-hydrogen) atoms. The largest absolute Gasteiger partial charge is 0.387 e. The Morgan fingerprint density at radius 1 is 1.24 bits per heavy atom. The third-order valence-electron chi connectivity index (χ3n) is 5.06. The van der Waals surface area contributed by atoms with Gasteiger partial charge in [-0.25, -0.2) is 9.98 Å². The summed E-state index contributed by atoms with van der Waals surface area (Å²) in [5, 5.41) is 4.16. The van der Waals surface area contributed by atoms with Crippen molar-refractivity contribution < 1.29 is 4.74 Å². The van der Waals surface area contributed by atoms with Crippen LogP contribution in [0.3, 0.4) is 0 Å². The Morgan fingerprint density at radius 3 is 2.68 bits per heavy atom. The fourth-order valence-corrected chi connectivity index (χ4v) is 4.17. The van der Waals surface area contributed by atoms with Crippen LogP contribution in [0.2, 0.25) is 0 Å². The van der Waals surface area contributed by atoms with Gasteiger partial charge in [0.15, 0.2) is 0 Å². The lowest BCUT2D eigenvalue weighted by Gasteiger charge is -2.32. The molecule has 3 N–H and O–H groups in total. The zero-order valence-electron chi connectivity index (χ0n) is 15.1. The van der Waals surface area contributed by atoms with E-state index in [4.69, 9.17) is 27.1 Å². The molecule has 4 atom stereocenters. The lowest BCUT2D eigenvalue weighted by Crippen LogP contribution is -2.32. The smallest absolute Gasteiger partial charge is 0.126 e. The second-order valence-electron chi connectivity index (χ2n) is 7.26. The summed E-state index contributed by atoms with van der Waals surface area (Å²) in [4.78, 5) is 8.92. The number of hydrogen-bond donors (Lipinski definition) is 2. The molecule has 3 rings (SSSR count). The summed E-state index contributed by atoms with van der Waals surface area (Å²) in [5.74, 6) is 2.08. The molecule has 0 spiro atoms. The number of allylic oxidation sites excluding steroid dienone is 1. The van der Waals surface area contributed by atoms with Crippen molar-refractivity contribution in [2.45, 2.75) is 51.7 Å². The van der Waals surface area contributed by atoms with Crippen molar-refractivity contribution in [3.8, 4) is 0 Å². The average molecular weight is 363 g/mol. The van der Waals surface area contributed by atoms with E-state index >= 15 is 0 Å². The lowest BCUT2D eigenvalue weighted by atomic mass is 9.88. The highest BCUT2D eigenvalue weighted by atomic mass is 35.5. The van der Waals surface area contributed by atoms with Gasteiger partial charge in [-0.2, -0.15) is 0 Å². The first-order chi connectivity index (χ1) is 11.9. The molecule has 1 aromatic heterocycles. The Balaban J connectivity index is 1.68. The van der Waals surface area contributed by atoms with Crippen LogP contribution in [-0.2, 0) is 4.74 Å². The molecule has 2 aliphatic rings. The zero-order chi connectivity index (χ0) is 18.0. The molecule has 4 unspecified atom stereocenters. The minimum absolute atomic E-state index is 0.0379. The molecule has 0 aromatic carbocycles. The van der Waals surface area contributed by atoms with Crippen LogP contribution in [0, 0.1) is 11.8 Å². The number of amidine groups is 1. The molecule has 136 valence electrons. The number of ether oxygens (including phenoxy) is 1. The molecule has 3 heterocycles. The van der Waals surface area contributed by atoms with Crippen LogP contribution in [-0.4, -0.2) is 29.6 Å². The van der Waals surface area contributed by atoms with E-state index in [1.807, 2.05) is 25.1 Å².